The van der Waals surface area contributed by atoms with Crippen molar-refractivity contribution in [2.24, 2.45) is 0 Å². The Balaban J connectivity index is 3.07. The predicted octanol–water partition coefficient (Wildman–Crippen LogP) is 2.99. The van der Waals surface area contributed by atoms with Gasteiger partial charge in [-0.2, -0.15) is 5.26 Å². The van der Waals surface area contributed by atoms with Crippen LogP contribution in [0.4, 0.5) is 0 Å². The van der Waals surface area contributed by atoms with E-state index in [4.69, 9.17) is 10.00 Å². The summed E-state index contributed by atoms with van der Waals surface area (Å²) in [6.45, 7) is 6.34. The summed E-state index contributed by atoms with van der Waals surface area (Å²) >= 11 is 0. The highest BCUT2D eigenvalue weighted by Crippen LogP contribution is 2.24. The summed E-state index contributed by atoms with van der Waals surface area (Å²) in [4.78, 5) is 0. The van der Waals surface area contributed by atoms with Gasteiger partial charge >= 0.3 is 0 Å². The van der Waals surface area contributed by atoms with E-state index in [1.807, 2.05) is 19.1 Å². The van der Waals surface area contributed by atoms with Gasteiger partial charge in [0.05, 0.1) is 12.2 Å². The molecule has 0 spiro atoms. The Kier molecular flexibility index (Phi) is 3.75. The molecule has 0 aromatic heterocycles. The molecule has 0 aliphatic heterocycles. The van der Waals surface area contributed by atoms with Crippen LogP contribution in [0.15, 0.2) is 24.8 Å². The van der Waals surface area contributed by atoms with Crippen LogP contribution in [0.25, 0.3) is 6.08 Å². The van der Waals surface area contributed by atoms with Gasteiger partial charge in [-0.15, -0.1) is 0 Å². The van der Waals surface area contributed by atoms with E-state index in [0.717, 1.165) is 12.0 Å². The third-order valence-corrected chi connectivity index (χ3v) is 1.84. The maximum atomic E-state index is 8.87. The van der Waals surface area contributed by atoms with Crippen LogP contribution in [0.2, 0.25) is 0 Å². The van der Waals surface area contributed by atoms with E-state index < -0.39 is 0 Å². The minimum absolute atomic E-state index is 0.566. The van der Waals surface area contributed by atoms with Crippen LogP contribution in [0.5, 0.6) is 5.75 Å². The Bertz CT molecular complexity index is 363. The summed E-state index contributed by atoms with van der Waals surface area (Å²) in [5.41, 5.74) is 1.44. The molecule has 0 aliphatic carbocycles. The van der Waals surface area contributed by atoms with E-state index in [2.05, 4.69) is 12.6 Å². The van der Waals surface area contributed by atoms with Gasteiger partial charge in [-0.3, -0.25) is 0 Å². The Morgan fingerprint density at radius 3 is 2.93 bits per heavy atom. The van der Waals surface area contributed by atoms with Gasteiger partial charge in [0.15, 0.2) is 0 Å². The first kappa shape index (κ1) is 10.3. The minimum atomic E-state index is 0.566. The normalized spacial score (nSPS) is 9.14. The van der Waals surface area contributed by atoms with Crippen LogP contribution < -0.4 is 4.74 Å². The van der Waals surface area contributed by atoms with Crippen molar-refractivity contribution in [1.29, 1.82) is 5.26 Å². The van der Waals surface area contributed by atoms with Crippen LogP contribution in [0, 0.1) is 11.3 Å². The van der Waals surface area contributed by atoms with Crippen molar-refractivity contribution in [1.82, 2.24) is 0 Å². The summed E-state index contributed by atoms with van der Waals surface area (Å²) in [5.74, 6) is 0.645. The molecule has 1 rings (SSSR count). The zero-order valence-electron chi connectivity index (χ0n) is 8.29. The first-order valence-electron chi connectivity index (χ1n) is 4.61. The molecule has 0 bridgehead atoms. The maximum Gasteiger partial charge on any atom is 0.144 e. The number of rotatable bonds is 4. The summed E-state index contributed by atoms with van der Waals surface area (Å²) in [6, 6.07) is 7.57. The Labute approximate surface area is 84.4 Å². The second-order valence-electron chi connectivity index (χ2n) is 2.89. The topological polar surface area (TPSA) is 33.0 Å². The van der Waals surface area contributed by atoms with Gasteiger partial charge in [0, 0.05) is 5.56 Å². The standard InChI is InChI=1S/C12H13NO/c1-3-8-14-12-10(4-2)6-5-7-11(12)9-13/h4-7H,2-3,8H2,1H3. The minimum Gasteiger partial charge on any atom is -0.492 e. The Morgan fingerprint density at radius 1 is 1.57 bits per heavy atom. The predicted molar refractivity (Wildman–Crippen MR) is 57.0 cm³/mol. The van der Waals surface area contributed by atoms with Crippen molar-refractivity contribution in [3.05, 3.63) is 35.9 Å². The molecule has 0 saturated heterocycles. The number of para-hydroxylation sites is 1. The highest BCUT2D eigenvalue weighted by molar-refractivity contribution is 5.61. The van der Waals surface area contributed by atoms with Crippen LogP contribution >= 0.6 is 0 Å². The van der Waals surface area contributed by atoms with E-state index in [-0.39, 0.29) is 0 Å². The lowest BCUT2D eigenvalue weighted by Crippen LogP contribution is -1.99. The van der Waals surface area contributed by atoms with Crippen LogP contribution in [0.1, 0.15) is 24.5 Å². The van der Waals surface area contributed by atoms with Crippen molar-refractivity contribution >= 4 is 6.08 Å². The monoisotopic (exact) mass is 187 g/mol. The van der Waals surface area contributed by atoms with Gasteiger partial charge in [-0.05, 0) is 12.5 Å². The average Bonchev–Trinajstić information content (AvgIpc) is 2.25. The molecular formula is C12H13NO. The zero-order valence-corrected chi connectivity index (χ0v) is 8.29. The lowest BCUT2D eigenvalue weighted by atomic mass is 10.1. The molecule has 14 heavy (non-hydrogen) atoms. The first-order valence-corrected chi connectivity index (χ1v) is 4.61. The van der Waals surface area contributed by atoms with Gasteiger partial charge in [-0.1, -0.05) is 31.7 Å². The van der Waals surface area contributed by atoms with E-state index in [1.165, 1.54) is 0 Å². The molecule has 0 fully saturated rings. The molecule has 0 N–H and O–H groups in total. The lowest BCUT2D eigenvalue weighted by Gasteiger charge is -2.09. The third kappa shape index (κ3) is 2.14. The fourth-order valence-electron chi connectivity index (χ4n) is 1.17. The molecule has 2 heteroatoms. The Morgan fingerprint density at radius 2 is 2.36 bits per heavy atom. The molecule has 0 unspecified atom stereocenters. The van der Waals surface area contributed by atoms with Gasteiger partial charge in [-0.25, -0.2) is 0 Å². The van der Waals surface area contributed by atoms with Gasteiger partial charge < -0.3 is 4.74 Å². The summed E-state index contributed by atoms with van der Waals surface area (Å²) in [5, 5.41) is 8.87. The average molecular weight is 187 g/mol. The fourth-order valence-corrected chi connectivity index (χ4v) is 1.17. The third-order valence-electron chi connectivity index (χ3n) is 1.84. The Hall–Kier alpha value is -1.75. The smallest absolute Gasteiger partial charge is 0.144 e. The van der Waals surface area contributed by atoms with E-state index in [9.17, 15) is 0 Å². The highest BCUT2D eigenvalue weighted by atomic mass is 16.5. The van der Waals surface area contributed by atoms with Crippen molar-refractivity contribution in [2.75, 3.05) is 6.61 Å². The van der Waals surface area contributed by atoms with Crippen molar-refractivity contribution < 1.29 is 4.74 Å². The molecule has 0 amide bonds. The molecule has 0 atom stereocenters. The molecule has 1 aromatic carbocycles. The first-order chi connectivity index (χ1) is 6.83. The van der Waals surface area contributed by atoms with Crippen molar-refractivity contribution in [3.8, 4) is 11.8 Å². The van der Waals surface area contributed by atoms with Crippen LogP contribution in [0.3, 0.4) is 0 Å². The van der Waals surface area contributed by atoms with Crippen LogP contribution in [-0.2, 0) is 0 Å². The summed E-state index contributed by atoms with van der Waals surface area (Å²) < 4.78 is 5.51. The second-order valence-corrected chi connectivity index (χ2v) is 2.89. The lowest BCUT2D eigenvalue weighted by molar-refractivity contribution is 0.316. The summed E-state index contributed by atoms with van der Waals surface area (Å²) in [6.07, 6.45) is 2.63. The summed E-state index contributed by atoms with van der Waals surface area (Å²) in [7, 11) is 0. The molecule has 0 radical (unpaired) electrons. The quantitative estimate of drug-likeness (QED) is 0.726. The maximum absolute atomic E-state index is 8.87. The number of hydrogen-bond acceptors (Lipinski definition) is 2. The van der Waals surface area contributed by atoms with Crippen LogP contribution in [-0.4, -0.2) is 6.61 Å². The molecule has 1 aromatic rings. The van der Waals surface area contributed by atoms with Gasteiger partial charge in [0.2, 0.25) is 0 Å². The van der Waals surface area contributed by atoms with E-state index in [1.54, 1.807) is 12.1 Å². The van der Waals surface area contributed by atoms with E-state index >= 15 is 0 Å². The largest absolute Gasteiger partial charge is 0.492 e. The molecule has 2 nitrogen and oxygen atoms in total. The number of nitriles is 1. The van der Waals surface area contributed by atoms with E-state index in [0.29, 0.717) is 17.9 Å². The highest BCUT2D eigenvalue weighted by Gasteiger charge is 2.06. The number of hydrogen-bond donors (Lipinski definition) is 0. The number of nitrogens with zero attached hydrogens (tertiary/aromatic N) is 1. The number of ether oxygens (including phenoxy) is 1. The zero-order chi connectivity index (χ0) is 10.4. The molecule has 0 heterocycles. The molecular weight excluding hydrogens is 174 g/mol. The number of benzene rings is 1. The van der Waals surface area contributed by atoms with Crippen molar-refractivity contribution in [3.63, 3.8) is 0 Å². The fraction of sp³-hybridized carbons (Fsp3) is 0.250. The van der Waals surface area contributed by atoms with Crippen molar-refractivity contribution in [2.45, 2.75) is 13.3 Å². The molecule has 0 saturated carbocycles. The van der Waals surface area contributed by atoms with Gasteiger partial charge in [0.25, 0.3) is 0 Å². The SMILES string of the molecule is C=Cc1cccc(C#N)c1OCCC. The second kappa shape index (κ2) is 5.08. The molecule has 72 valence electrons. The molecule has 0 aliphatic rings. The van der Waals surface area contributed by atoms with Gasteiger partial charge in [0.1, 0.15) is 11.8 Å².